The van der Waals surface area contributed by atoms with Crippen LogP contribution in [0.5, 0.6) is 0 Å². The van der Waals surface area contributed by atoms with E-state index in [2.05, 4.69) is 5.32 Å². The Hall–Kier alpha value is -1.59. The third-order valence-electron chi connectivity index (χ3n) is 3.89. The van der Waals surface area contributed by atoms with Gasteiger partial charge in [0, 0.05) is 12.1 Å². The van der Waals surface area contributed by atoms with E-state index in [4.69, 9.17) is 11.5 Å². The van der Waals surface area contributed by atoms with Gasteiger partial charge in [0.05, 0.1) is 5.54 Å². The van der Waals surface area contributed by atoms with Crippen LogP contribution in [0.1, 0.15) is 48.0 Å². The smallest absolute Gasteiger partial charge is 0.248 e. The highest BCUT2D eigenvalue weighted by molar-refractivity contribution is 5.92. The molecule has 0 unspecified atom stereocenters. The fraction of sp³-hybridized carbons (Fsp3) is 0.467. The minimum atomic E-state index is -0.717. The summed E-state index contributed by atoms with van der Waals surface area (Å²) in [6, 6.07) is 6.88. The minimum absolute atomic E-state index is 0. The number of amides is 2. The Labute approximate surface area is 130 Å². The molecule has 2 amide bonds. The van der Waals surface area contributed by atoms with Gasteiger partial charge in [0.1, 0.15) is 0 Å². The zero-order valence-corrected chi connectivity index (χ0v) is 12.7. The van der Waals surface area contributed by atoms with Gasteiger partial charge in [-0.05, 0) is 30.5 Å². The first kappa shape index (κ1) is 17.5. The lowest BCUT2D eigenvalue weighted by Gasteiger charge is -2.31. The van der Waals surface area contributed by atoms with Gasteiger partial charge in [0.2, 0.25) is 11.8 Å². The zero-order valence-electron chi connectivity index (χ0n) is 11.9. The predicted molar refractivity (Wildman–Crippen MR) is 84.1 cm³/mol. The lowest BCUT2D eigenvalue weighted by Crippen LogP contribution is -2.54. The van der Waals surface area contributed by atoms with E-state index in [0.29, 0.717) is 12.1 Å². The highest BCUT2D eigenvalue weighted by Crippen LogP contribution is 2.26. The van der Waals surface area contributed by atoms with Crippen molar-refractivity contribution in [1.82, 2.24) is 5.32 Å². The summed E-state index contributed by atoms with van der Waals surface area (Å²) in [5.74, 6) is -0.542. The quantitative estimate of drug-likeness (QED) is 0.785. The van der Waals surface area contributed by atoms with E-state index in [0.717, 1.165) is 37.7 Å². The van der Waals surface area contributed by atoms with Crippen LogP contribution in [0.4, 0.5) is 0 Å². The van der Waals surface area contributed by atoms with E-state index in [9.17, 15) is 9.59 Å². The van der Waals surface area contributed by atoms with Crippen molar-refractivity contribution in [2.75, 3.05) is 0 Å². The molecule has 116 valence electrons. The molecule has 1 fully saturated rings. The Morgan fingerprint density at radius 3 is 2.19 bits per heavy atom. The standard InChI is InChI=1S/C15H21N3O2.ClH/c16-13(19)12-6-4-11(5-7-12)10-18-14(20)15(17)8-2-1-3-9-15;/h4-7H,1-3,8-10,17H2,(H2,16,19)(H,18,20);1H. The van der Waals surface area contributed by atoms with Crippen LogP contribution in [0.2, 0.25) is 0 Å². The predicted octanol–water partition coefficient (Wildman–Crippen LogP) is 1.49. The summed E-state index contributed by atoms with van der Waals surface area (Å²) in [5.41, 5.74) is 12.0. The fourth-order valence-corrected chi connectivity index (χ4v) is 2.55. The van der Waals surface area contributed by atoms with Crippen LogP contribution < -0.4 is 16.8 Å². The number of rotatable bonds is 4. The van der Waals surface area contributed by atoms with E-state index in [1.54, 1.807) is 24.3 Å². The minimum Gasteiger partial charge on any atom is -0.366 e. The number of nitrogens with one attached hydrogen (secondary N) is 1. The molecule has 0 heterocycles. The van der Waals surface area contributed by atoms with Crippen molar-refractivity contribution in [3.05, 3.63) is 35.4 Å². The molecule has 0 spiro atoms. The SMILES string of the molecule is Cl.NC(=O)c1ccc(CNC(=O)C2(N)CCCCC2)cc1. The molecule has 0 atom stereocenters. The first-order valence-electron chi connectivity index (χ1n) is 6.97. The fourth-order valence-electron chi connectivity index (χ4n) is 2.55. The van der Waals surface area contributed by atoms with Crippen LogP contribution in [-0.4, -0.2) is 17.4 Å². The van der Waals surface area contributed by atoms with E-state index in [1.807, 2.05) is 0 Å². The van der Waals surface area contributed by atoms with Gasteiger partial charge in [-0.2, -0.15) is 0 Å². The van der Waals surface area contributed by atoms with Gasteiger partial charge in [-0.1, -0.05) is 31.4 Å². The first-order chi connectivity index (χ1) is 9.51. The van der Waals surface area contributed by atoms with Crippen LogP contribution in [0.15, 0.2) is 24.3 Å². The Balaban J connectivity index is 0.00000220. The van der Waals surface area contributed by atoms with Crippen molar-refractivity contribution in [1.29, 1.82) is 0 Å². The molecule has 0 aromatic heterocycles. The number of halogens is 1. The van der Waals surface area contributed by atoms with E-state index in [1.165, 1.54) is 0 Å². The normalized spacial score (nSPS) is 16.6. The Kier molecular flexibility index (Phi) is 6.18. The van der Waals surface area contributed by atoms with Crippen molar-refractivity contribution < 1.29 is 9.59 Å². The van der Waals surface area contributed by atoms with E-state index < -0.39 is 11.4 Å². The molecule has 1 aromatic carbocycles. The number of carbonyl (C=O) groups is 2. The zero-order chi connectivity index (χ0) is 14.6. The Morgan fingerprint density at radius 1 is 1.10 bits per heavy atom. The number of hydrogen-bond acceptors (Lipinski definition) is 3. The maximum absolute atomic E-state index is 12.2. The molecule has 1 aromatic rings. The second-order valence-corrected chi connectivity index (χ2v) is 5.46. The molecule has 0 aliphatic heterocycles. The topological polar surface area (TPSA) is 98.2 Å². The number of hydrogen-bond donors (Lipinski definition) is 3. The van der Waals surface area contributed by atoms with Gasteiger partial charge < -0.3 is 16.8 Å². The summed E-state index contributed by atoms with van der Waals surface area (Å²) in [6.07, 6.45) is 4.67. The molecule has 1 saturated carbocycles. The second-order valence-electron chi connectivity index (χ2n) is 5.46. The highest BCUT2D eigenvalue weighted by atomic mass is 35.5. The molecular formula is C15H22ClN3O2. The second kappa shape index (κ2) is 7.43. The number of nitrogens with two attached hydrogens (primary N) is 2. The average Bonchev–Trinajstić information content (AvgIpc) is 2.46. The number of primary amides is 1. The molecule has 0 bridgehead atoms. The van der Waals surface area contributed by atoms with Gasteiger partial charge in [-0.25, -0.2) is 0 Å². The summed E-state index contributed by atoms with van der Waals surface area (Å²) in [5, 5.41) is 2.88. The van der Waals surface area contributed by atoms with Crippen molar-refractivity contribution in [2.24, 2.45) is 11.5 Å². The van der Waals surface area contributed by atoms with Crippen LogP contribution in [-0.2, 0) is 11.3 Å². The molecule has 2 rings (SSSR count). The molecule has 5 nitrogen and oxygen atoms in total. The van der Waals surface area contributed by atoms with E-state index in [-0.39, 0.29) is 18.3 Å². The molecule has 5 N–H and O–H groups in total. The Bertz CT molecular complexity index is 496. The average molecular weight is 312 g/mol. The summed E-state index contributed by atoms with van der Waals surface area (Å²) in [6.45, 7) is 0.414. The van der Waals surface area contributed by atoms with Crippen LogP contribution in [0.3, 0.4) is 0 Å². The van der Waals surface area contributed by atoms with Crippen molar-refractivity contribution >= 4 is 24.2 Å². The maximum atomic E-state index is 12.2. The molecule has 1 aliphatic carbocycles. The summed E-state index contributed by atoms with van der Waals surface area (Å²) < 4.78 is 0. The largest absolute Gasteiger partial charge is 0.366 e. The molecule has 1 aliphatic rings. The summed E-state index contributed by atoms with van der Waals surface area (Å²) in [4.78, 5) is 23.1. The molecule has 0 saturated heterocycles. The van der Waals surface area contributed by atoms with E-state index >= 15 is 0 Å². The molecule has 21 heavy (non-hydrogen) atoms. The van der Waals surface area contributed by atoms with Crippen molar-refractivity contribution in [3.63, 3.8) is 0 Å². The Morgan fingerprint density at radius 2 is 1.67 bits per heavy atom. The lowest BCUT2D eigenvalue weighted by atomic mass is 9.82. The van der Waals surface area contributed by atoms with Crippen LogP contribution in [0.25, 0.3) is 0 Å². The van der Waals surface area contributed by atoms with Gasteiger partial charge >= 0.3 is 0 Å². The van der Waals surface area contributed by atoms with Gasteiger partial charge in [0.25, 0.3) is 0 Å². The highest BCUT2D eigenvalue weighted by Gasteiger charge is 2.34. The van der Waals surface area contributed by atoms with Crippen molar-refractivity contribution in [3.8, 4) is 0 Å². The van der Waals surface area contributed by atoms with Crippen LogP contribution in [0, 0.1) is 0 Å². The summed E-state index contributed by atoms with van der Waals surface area (Å²) >= 11 is 0. The third-order valence-corrected chi connectivity index (χ3v) is 3.89. The molecular weight excluding hydrogens is 290 g/mol. The van der Waals surface area contributed by atoms with Gasteiger partial charge in [0.15, 0.2) is 0 Å². The van der Waals surface area contributed by atoms with Gasteiger partial charge in [-0.15, -0.1) is 12.4 Å². The summed E-state index contributed by atoms with van der Waals surface area (Å²) in [7, 11) is 0. The van der Waals surface area contributed by atoms with Gasteiger partial charge in [-0.3, -0.25) is 9.59 Å². The molecule has 6 heteroatoms. The van der Waals surface area contributed by atoms with Crippen molar-refractivity contribution in [2.45, 2.75) is 44.2 Å². The third kappa shape index (κ3) is 4.44. The number of carbonyl (C=O) groups excluding carboxylic acids is 2. The lowest BCUT2D eigenvalue weighted by molar-refractivity contribution is -0.127. The monoisotopic (exact) mass is 311 g/mol. The number of benzene rings is 1. The van der Waals surface area contributed by atoms with Crippen LogP contribution >= 0.6 is 12.4 Å². The first-order valence-corrected chi connectivity index (χ1v) is 6.97. The molecule has 0 radical (unpaired) electrons. The maximum Gasteiger partial charge on any atom is 0.248 e.